The summed E-state index contributed by atoms with van der Waals surface area (Å²) in [5.41, 5.74) is 9.69. The van der Waals surface area contributed by atoms with Crippen LogP contribution in [0.2, 0.25) is 0 Å². The summed E-state index contributed by atoms with van der Waals surface area (Å²) in [6.45, 7) is 15.1. The van der Waals surface area contributed by atoms with Gasteiger partial charge < -0.3 is 40.6 Å². The summed E-state index contributed by atoms with van der Waals surface area (Å²) in [7, 11) is 0. The Morgan fingerprint density at radius 1 is 0.475 bits per heavy atom. The van der Waals surface area contributed by atoms with Gasteiger partial charge in [0.05, 0.1) is 76.4 Å². The monoisotopic (exact) mass is 893 g/mol. The van der Waals surface area contributed by atoms with Crippen molar-refractivity contribution in [3.63, 3.8) is 0 Å². The molecule has 14 nitrogen and oxygen atoms in total. The van der Waals surface area contributed by atoms with E-state index in [4.69, 9.17) is 31.6 Å². The van der Waals surface area contributed by atoms with Gasteiger partial charge in [-0.1, -0.05) is 48.5 Å². The van der Waals surface area contributed by atoms with Gasteiger partial charge in [-0.25, -0.2) is 19.9 Å². The zero-order valence-electron chi connectivity index (χ0n) is 33.9. The summed E-state index contributed by atoms with van der Waals surface area (Å²) in [5.74, 6) is 15.2. The second-order valence-electron chi connectivity index (χ2n) is 14.2. The molecule has 0 saturated heterocycles. The first-order valence-corrected chi connectivity index (χ1v) is 19.9. The molecule has 4 aromatic carbocycles. The van der Waals surface area contributed by atoms with Gasteiger partial charge in [0, 0.05) is 39.3 Å². The minimum Gasteiger partial charge on any atom is -0.632 e. The van der Waals surface area contributed by atoms with Crippen LogP contribution in [0.1, 0.15) is 51.0 Å². The average molecular weight is 895 g/mol. The van der Waals surface area contributed by atoms with Crippen LogP contribution >= 0.6 is 0 Å². The number of para-hydroxylation sites is 8. The quantitative estimate of drug-likeness (QED) is 0.0737. The van der Waals surface area contributed by atoms with Gasteiger partial charge in [-0.3, -0.25) is 9.80 Å². The van der Waals surface area contributed by atoms with Gasteiger partial charge >= 0.3 is 34.1 Å². The molecule has 0 bridgehead atoms. The van der Waals surface area contributed by atoms with Gasteiger partial charge in [0.1, 0.15) is 23.3 Å². The molecule has 0 aliphatic rings. The van der Waals surface area contributed by atoms with E-state index in [-0.39, 0.29) is 34.1 Å². The van der Waals surface area contributed by atoms with Gasteiger partial charge in [0.25, 0.3) is 0 Å². The molecule has 4 heterocycles. The first-order chi connectivity index (χ1) is 27.9. The summed E-state index contributed by atoms with van der Waals surface area (Å²) < 4.78 is 9.14. The van der Waals surface area contributed by atoms with Crippen LogP contribution in [0.5, 0.6) is 0 Å². The Morgan fingerprint density at radius 2 is 0.695 bits per heavy atom. The van der Waals surface area contributed by atoms with Crippen LogP contribution in [0.25, 0.3) is 55.8 Å². The molecule has 0 fully saturated rings. The van der Waals surface area contributed by atoms with Gasteiger partial charge in [-0.15, -0.1) is 0 Å². The smallest absolute Gasteiger partial charge is 0.632 e. The number of nitrogens with zero attached hydrogens (tertiary/aromatic N) is 10. The number of hydrogen-bond acceptors (Lipinski definition) is 8. The normalized spacial score (nSPS) is 11.6. The van der Waals surface area contributed by atoms with E-state index in [1.165, 1.54) is 5.53 Å². The van der Waals surface area contributed by atoms with Crippen molar-refractivity contribution in [1.82, 2.24) is 53.5 Å². The molecular formula is C43H53Cu2N13O. The Balaban J connectivity index is 0.00000128. The third-order valence-corrected chi connectivity index (χ3v) is 10.6. The van der Waals surface area contributed by atoms with Crippen molar-refractivity contribution in [2.45, 2.75) is 86.2 Å². The number of fused-ring (bicyclic) bond motifs is 4. The summed E-state index contributed by atoms with van der Waals surface area (Å²) in [4.78, 5) is 25.0. The Morgan fingerprint density at radius 3 is 0.915 bits per heavy atom. The average Bonchev–Trinajstić information content (AvgIpc) is 3.96. The topological polar surface area (TPSA) is 158 Å². The molecule has 0 spiro atoms. The summed E-state index contributed by atoms with van der Waals surface area (Å²) >= 11 is 0. The van der Waals surface area contributed by atoms with Gasteiger partial charge in [0.2, 0.25) is 0 Å². The maximum absolute atomic E-state index is 12.2. The van der Waals surface area contributed by atoms with E-state index in [9.17, 15) is 5.11 Å². The molecule has 0 amide bonds. The van der Waals surface area contributed by atoms with Gasteiger partial charge in [-0.2, -0.15) is 0 Å². The third-order valence-electron chi connectivity index (χ3n) is 10.6. The summed E-state index contributed by atoms with van der Waals surface area (Å²) in [5, 5.41) is 12.2. The Hall–Kier alpha value is -4.44. The molecule has 59 heavy (non-hydrogen) atoms. The molecule has 8 rings (SSSR count). The number of imidazole rings is 4. The van der Waals surface area contributed by atoms with Crippen molar-refractivity contribution in [3.05, 3.63) is 132 Å². The number of benzene rings is 4. The first kappa shape index (κ1) is 45.6. The molecule has 0 aliphatic heterocycles. The van der Waals surface area contributed by atoms with Crippen LogP contribution in [0.15, 0.2) is 97.1 Å². The van der Waals surface area contributed by atoms with Crippen molar-refractivity contribution < 1.29 is 39.2 Å². The van der Waals surface area contributed by atoms with Gasteiger partial charge in [-0.05, 0) is 76.2 Å². The van der Waals surface area contributed by atoms with E-state index in [2.05, 4.69) is 129 Å². The predicted octanol–water partition coefficient (Wildman–Crippen LogP) is 7.74. The van der Waals surface area contributed by atoms with Crippen LogP contribution in [-0.2, 0) is 86.5 Å². The van der Waals surface area contributed by atoms with Crippen LogP contribution in [-0.4, -0.2) is 72.3 Å². The molecule has 318 valence electrons. The molecule has 0 aliphatic carbocycles. The second-order valence-corrected chi connectivity index (χ2v) is 14.2. The van der Waals surface area contributed by atoms with Crippen molar-refractivity contribution in [2.24, 2.45) is 0 Å². The van der Waals surface area contributed by atoms with E-state index in [1.54, 1.807) is 0 Å². The van der Waals surface area contributed by atoms with Crippen LogP contribution in [0, 0.1) is 0 Å². The minimum atomic E-state index is -0.678. The number of aromatic nitrogens is 8. The van der Waals surface area contributed by atoms with Crippen molar-refractivity contribution in [2.75, 3.05) is 13.1 Å². The minimum absolute atomic E-state index is 0. The molecule has 8 aromatic rings. The largest absolute Gasteiger partial charge is 1.00 e. The maximum Gasteiger partial charge on any atom is 1.00 e. The molecule has 16 heteroatoms. The number of nitrogens with one attached hydrogen (secondary N) is 3. The van der Waals surface area contributed by atoms with Gasteiger partial charge in [0.15, 0.2) is 0 Å². The number of aryl methyl sites for hydroxylation is 4. The third kappa shape index (κ3) is 9.96. The summed E-state index contributed by atoms with van der Waals surface area (Å²) in [6.07, 6.45) is -0.678. The Bertz CT molecular complexity index is 2220. The predicted molar refractivity (Wildman–Crippen MR) is 228 cm³/mol. The maximum atomic E-state index is 12.2. The molecule has 4 aromatic heterocycles. The standard InChI is InChI=1S/C43H50N10O.2Cu.H3N3/c1-5-50-36-21-13-9-17-32(36)44-40(50)27-48(28-41-45-33-18-10-14-22-37(33)51(41)6-2)25-31(54)26-49(29-42-46-34-19-11-15-23-38(34)52(42)7-3)30-43-47-35-20-12-16-24-39(35)53(43)8-4;;;1-3-2/h9-24,31,54H,5-8,25-30H2,1-4H3;;;1-3H/q;2*+1;-2. The van der Waals surface area contributed by atoms with Crippen molar-refractivity contribution >= 4 is 44.1 Å². The fourth-order valence-corrected chi connectivity index (χ4v) is 8.22. The van der Waals surface area contributed by atoms with Crippen LogP contribution in [0.3, 0.4) is 0 Å². The Labute approximate surface area is 366 Å². The van der Waals surface area contributed by atoms with Crippen molar-refractivity contribution in [1.29, 1.82) is 0 Å². The zero-order valence-corrected chi connectivity index (χ0v) is 35.8. The van der Waals surface area contributed by atoms with E-state index in [0.717, 1.165) is 93.6 Å². The van der Waals surface area contributed by atoms with E-state index in [0.29, 0.717) is 39.3 Å². The van der Waals surface area contributed by atoms with Crippen LogP contribution in [0.4, 0.5) is 0 Å². The number of rotatable bonds is 16. The molecule has 4 N–H and O–H groups in total. The van der Waals surface area contributed by atoms with Crippen molar-refractivity contribution in [3.8, 4) is 0 Å². The zero-order chi connectivity index (χ0) is 39.9. The van der Waals surface area contributed by atoms with Crippen LogP contribution < -0.4 is 5.53 Å². The number of aliphatic hydroxyl groups excluding tert-OH is 1. The van der Waals surface area contributed by atoms with E-state index in [1.807, 2.05) is 24.3 Å². The second kappa shape index (κ2) is 21.2. The number of aliphatic hydroxyl groups is 1. The summed E-state index contributed by atoms with van der Waals surface area (Å²) in [6, 6.07) is 33.3. The molecule has 0 radical (unpaired) electrons. The van der Waals surface area contributed by atoms with E-state index < -0.39 is 6.10 Å². The SMILES string of the molecule is CCn1c(CN(Cc2nc3ccccc3n2CC)CC(O)CN(Cc2nc3ccccc3n2CC)Cc2nc3ccccc3n2CC)nc2ccccc21.[Cu+].[Cu+].[NH-]N[NH-]. The molecule has 0 unspecified atom stereocenters. The first-order valence-electron chi connectivity index (χ1n) is 19.9. The van der Waals surface area contributed by atoms with E-state index >= 15 is 0 Å². The number of hydrogen-bond donors (Lipinski definition) is 2. The Kier molecular flexibility index (Phi) is 16.4. The fraction of sp³-hybridized carbons (Fsp3) is 0.349. The molecular weight excluding hydrogens is 842 g/mol. The molecule has 0 atom stereocenters. The fourth-order valence-electron chi connectivity index (χ4n) is 8.22. The molecule has 0 saturated carbocycles.